The highest BCUT2D eigenvalue weighted by Crippen LogP contribution is 2.50. The molecular weight excluding hydrogens is 424 g/mol. The molecule has 3 heterocycles. The topological polar surface area (TPSA) is 119 Å². The highest BCUT2D eigenvalue weighted by Gasteiger charge is 2.46. The number of carbonyl (C=O) groups excluding carboxylic acids is 2. The molecule has 0 bridgehead atoms. The number of nitriles is 1. The number of H-pyrrole nitrogens is 1. The molecule has 1 aliphatic heterocycles. The number of anilines is 2. The minimum atomic E-state index is -1.11. The smallest absolute Gasteiger partial charge is 0.319 e. The first-order valence-corrected chi connectivity index (χ1v) is 10.5. The molecule has 1 aliphatic rings. The largest absolute Gasteiger partial charge is 0.465 e. The minimum absolute atomic E-state index is 0.152. The summed E-state index contributed by atoms with van der Waals surface area (Å²) in [6.45, 7) is 3.65. The van der Waals surface area contributed by atoms with Crippen LogP contribution in [0.4, 0.5) is 10.8 Å². The van der Waals surface area contributed by atoms with Gasteiger partial charge >= 0.3 is 5.97 Å². The Hall–Kier alpha value is -3.15. The number of nitrogen functional groups attached to an aromatic ring is 1. The third-order valence-electron chi connectivity index (χ3n) is 5.25. The van der Waals surface area contributed by atoms with Crippen LogP contribution in [-0.4, -0.2) is 18.5 Å². The number of nitrogens with zero attached hydrogens (tertiary/aromatic N) is 1. The number of fused-ring (bicyclic) bond motifs is 3. The van der Waals surface area contributed by atoms with Gasteiger partial charge in [-0.1, -0.05) is 29.8 Å². The van der Waals surface area contributed by atoms with Crippen LogP contribution in [-0.2, 0) is 14.3 Å². The van der Waals surface area contributed by atoms with Crippen molar-refractivity contribution in [1.29, 1.82) is 5.26 Å². The molecule has 2 aromatic heterocycles. The number of thiophene rings is 1. The second-order valence-corrected chi connectivity index (χ2v) is 8.35. The number of benzene rings is 1. The Balaban J connectivity index is 2.06. The number of hydrogen-bond acceptors (Lipinski definition) is 6. The van der Waals surface area contributed by atoms with Crippen LogP contribution in [0.15, 0.2) is 24.3 Å². The second kappa shape index (κ2) is 7.59. The Morgan fingerprint density at radius 2 is 2.17 bits per heavy atom. The van der Waals surface area contributed by atoms with Gasteiger partial charge in [0.05, 0.1) is 11.3 Å². The van der Waals surface area contributed by atoms with Crippen LogP contribution in [0.2, 0.25) is 5.02 Å². The van der Waals surface area contributed by atoms with Gasteiger partial charge in [-0.05, 0) is 31.0 Å². The third-order valence-corrected chi connectivity index (χ3v) is 6.83. The number of aryl methyl sites for hydroxylation is 1. The molecule has 4 N–H and O–H groups in total. The lowest BCUT2D eigenvalue weighted by molar-refractivity contribution is -0.327. The summed E-state index contributed by atoms with van der Waals surface area (Å²) in [5, 5.41) is 13.3. The normalized spacial score (nSPS) is 17.9. The minimum Gasteiger partial charge on any atom is -0.465 e. The molecule has 3 aromatic rings. The standard InChI is InChI=1S/C21H17ClN4O3S/c1-3-29-21(28)15-13(10-6-4-5-7-12(10)22)14-16-17(30-20(14)26-19(15)27)9(2)11(8-23)18(24)25-16/h4-7,13,15H,3H2,1-2H3,(H2,24,25)(H,26,27)/p+1/t13-,15-/m0/s1. The quantitative estimate of drug-likeness (QED) is 0.476. The Kier molecular flexibility index (Phi) is 5.10. The van der Waals surface area contributed by atoms with Crippen molar-refractivity contribution in [3.8, 4) is 6.07 Å². The fourth-order valence-electron chi connectivity index (χ4n) is 3.92. The zero-order chi connectivity index (χ0) is 21.6. The molecule has 30 heavy (non-hydrogen) atoms. The number of hydrogen-bond donors (Lipinski definition) is 2. The number of pyridine rings is 1. The van der Waals surface area contributed by atoms with E-state index >= 15 is 0 Å². The van der Waals surface area contributed by atoms with Crippen molar-refractivity contribution in [2.24, 2.45) is 5.92 Å². The third kappa shape index (κ3) is 2.98. The number of carbonyl (C=O) groups is 2. The zero-order valence-corrected chi connectivity index (χ0v) is 17.8. The van der Waals surface area contributed by atoms with Gasteiger partial charge in [0.15, 0.2) is 0 Å². The first-order valence-electron chi connectivity index (χ1n) is 9.28. The van der Waals surface area contributed by atoms with Gasteiger partial charge in [0.25, 0.3) is 5.82 Å². The van der Waals surface area contributed by atoms with Crippen molar-refractivity contribution in [3.05, 3.63) is 51.5 Å². The maximum absolute atomic E-state index is 13.0. The van der Waals surface area contributed by atoms with Gasteiger partial charge in [-0.2, -0.15) is 5.26 Å². The fourth-order valence-corrected chi connectivity index (χ4v) is 5.39. The Morgan fingerprint density at radius 3 is 2.83 bits per heavy atom. The SMILES string of the molecule is CCOC(=O)[C@@H]1C(=O)Nc2sc3c(C)c(C#N)c(N)[nH+]c3c2[C@@H]1c1ccccc1Cl. The van der Waals surface area contributed by atoms with Crippen LogP contribution < -0.4 is 16.0 Å². The molecule has 0 unspecified atom stereocenters. The number of nitrogens with one attached hydrogen (secondary N) is 2. The fraction of sp³-hybridized carbons (Fsp3) is 0.238. The van der Waals surface area contributed by atoms with E-state index in [-0.39, 0.29) is 12.4 Å². The number of halogens is 1. The molecule has 0 spiro atoms. The first kappa shape index (κ1) is 20.1. The molecule has 2 atom stereocenters. The van der Waals surface area contributed by atoms with Gasteiger partial charge in [0.1, 0.15) is 28.1 Å². The average molecular weight is 442 g/mol. The summed E-state index contributed by atoms with van der Waals surface area (Å²) in [4.78, 5) is 28.9. The van der Waals surface area contributed by atoms with Crippen LogP contribution in [0, 0.1) is 24.2 Å². The summed E-state index contributed by atoms with van der Waals surface area (Å²) in [5.41, 5.74) is 9.18. The molecule has 0 fully saturated rings. The van der Waals surface area contributed by atoms with E-state index < -0.39 is 23.7 Å². The summed E-state index contributed by atoms with van der Waals surface area (Å²) >= 11 is 7.82. The molecule has 9 heteroatoms. The molecule has 1 aromatic carbocycles. The van der Waals surface area contributed by atoms with Crippen LogP contribution >= 0.6 is 22.9 Å². The van der Waals surface area contributed by atoms with Gasteiger partial charge < -0.3 is 10.1 Å². The lowest BCUT2D eigenvalue weighted by Gasteiger charge is -2.30. The molecule has 152 valence electrons. The van der Waals surface area contributed by atoms with Crippen molar-refractivity contribution >= 4 is 55.8 Å². The van der Waals surface area contributed by atoms with Crippen molar-refractivity contribution in [3.63, 3.8) is 0 Å². The predicted octanol–water partition coefficient (Wildman–Crippen LogP) is 3.39. The van der Waals surface area contributed by atoms with Gasteiger partial charge in [0, 0.05) is 16.5 Å². The van der Waals surface area contributed by atoms with Crippen molar-refractivity contribution in [1.82, 2.24) is 0 Å². The van der Waals surface area contributed by atoms with Crippen LogP contribution in [0.25, 0.3) is 10.2 Å². The molecule has 0 saturated carbocycles. The Morgan fingerprint density at radius 1 is 1.43 bits per heavy atom. The predicted molar refractivity (Wildman–Crippen MR) is 114 cm³/mol. The van der Waals surface area contributed by atoms with Gasteiger partial charge in [-0.25, -0.2) is 4.98 Å². The summed E-state index contributed by atoms with van der Waals surface area (Å²) in [7, 11) is 0. The molecule has 4 rings (SSSR count). The Bertz CT molecular complexity index is 1250. The number of esters is 1. The lowest BCUT2D eigenvalue weighted by atomic mass is 9.78. The summed E-state index contributed by atoms with van der Waals surface area (Å²) < 4.78 is 6.00. The monoisotopic (exact) mass is 441 g/mol. The van der Waals surface area contributed by atoms with Crippen LogP contribution in [0.3, 0.4) is 0 Å². The van der Waals surface area contributed by atoms with E-state index in [0.29, 0.717) is 37.8 Å². The maximum Gasteiger partial charge on any atom is 0.319 e. The highest BCUT2D eigenvalue weighted by molar-refractivity contribution is 7.23. The lowest BCUT2D eigenvalue weighted by Crippen LogP contribution is -2.40. The van der Waals surface area contributed by atoms with Crippen LogP contribution in [0.5, 0.6) is 0 Å². The van der Waals surface area contributed by atoms with E-state index in [1.165, 1.54) is 11.3 Å². The molecule has 0 saturated heterocycles. The van der Waals surface area contributed by atoms with Gasteiger partial charge in [-0.3, -0.25) is 15.3 Å². The number of aromatic amines is 1. The zero-order valence-electron chi connectivity index (χ0n) is 16.2. The summed E-state index contributed by atoms with van der Waals surface area (Å²) in [6, 6.07) is 9.22. The highest BCUT2D eigenvalue weighted by atomic mass is 35.5. The number of rotatable bonds is 3. The van der Waals surface area contributed by atoms with Crippen LogP contribution in [0.1, 0.15) is 35.1 Å². The summed E-state index contributed by atoms with van der Waals surface area (Å²) in [5.74, 6) is -2.63. The van der Waals surface area contributed by atoms with E-state index in [1.54, 1.807) is 31.2 Å². The number of nitrogens with two attached hydrogens (primary N) is 1. The number of aromatic nitrogens is 1. The van der Waals surface area contributed by atoms with Gasteiger partial charge in [0.2, 0.25) is 5.91 Å². The van der Waals surface area contributed by atoms with Crippen molar-refractivity contribution < 1.29 is 19.3 Å². The van der Waals surface area contributed by atoms with Crippen molar-refractivity contribution in [2.45, 2.75) is 19.8 Å². The molecule has 0 aliphatic carbocycles. The van der Waals surface area contributed by atoms with E-state index in [4.69, 9.17) is 22.1 Å². The molecule has 7 nitrogen and oxygen atoms in total. The first-order chi connectivity index (χ1) is 14.4. The van der Waals surface area contributed by atoms with E-state index in [1.807, 2.05) is 6.92 Å². The number of ether oxygens (including phenoxy) is 1. The summed E-state index contributed by atoms with van der Waals surface area (Å²) in [6.07, 6.45) is 0. The second-order valence-electron chi connectivity index (χ2n) is 6.92. The van der Waals surface area contributed by atoms with Gasteiger partial charge in [-0.15, -0.1) is 11.3 Å². The Labute approximate surface area is 181 Å². The average Bonchev–Trinajstić information content (AvgIpc) is 3.06. The van der Waals surface area contributed by atoms with E-state index in [0.717, 1.165) is 4.70 Å². The van der Waals surface area contributed by atoms with Crippen molar-refractivity contribution in [2.75, 3.05) is 17.7 Å². The van der Waals surface area contributed by atoms with E-state index in [2.05, 4.69) is 16.4 Å². The molecule has 0 radical (unpaired) electrons. The maximum atomic E-state index is 13.0. The van der Waals surface area contributed by atoms with E-state index in [9.17, 15) is 14.9 Å². The number of amides is 1. The molecule has 1 amide bonds. The molecular formula is C21H18ClN4O3S+.